The van der Waals surface area contributed by atoms with Crippen LogP contribution in [0.2, 0.25) is 0 Å². The normalized spacial score (nSPS) is 12.7. The quantitative estimate of drug-likeness (QED) is 0.527. The van der Waals surface area contributed by atoms with Crippen LogP contribution in [-0.2, 0) is 19.3 Å². The molecule has 2 aromatic rings. The second kappa shape index (κ2) is 7.36. The van der Waals surface area contributed by atoms with Gasteiger partial charge in [0.05, 0.1) is 23.5 Å². The van der Waals surface area contributed by atoms with Gasteiger partial charge >= 0.3 is 19.2 Å². The van der Waals surface area contributed by atoms with E-state index in [4.69, 9.17) is 14.2 Å². The number of carboxylic acid groups (broad SMARTS) is 1. The first-order chi connectivity index (χ1) is 11.6. The third-order valence-electron chi connectivity index (χ3n) is 3.15. The molecule has 1 heterocycles. The van der Waals surface area contributed by atoms with Gasteiger partial charge in [-0.1, -0.05) is 0 Å². The lowest BCUT2D eigenvalue weighted by Crippen LogP contribution is -2.17. The highest BCUT2D eigenvalue weighted by Gasteiger charge is 2.57. The highest BCUT2D eigenvalue weighted by Crippen LogP contribution is 2.69. The van der Waals surface area contributed by atoms with Crippen LogP contribution in [0.5, 0.6) is 0 Å². The molecule has 1 aromatic heterocycles. The lowest BCUT2D eigenvalue weighted by Gasteiger charge is -2.25. The number of hydrogen-bond acceptors (Lipinski definition) is 5. The van der Waals surface area contributed by atoms with E-state index in [1.165, 1.54) is 13.8 Å². The number of thiophene rings is 1. The molecule has 1 aromatic carbocycles. The fourth-order valence-corrected chi connectivity index (χ4v) is 6.06. The van der Waals surface area contributed by atoms with Crippen molar-refractivity contribution in [2.75, 3.05) is 13.2 Å². The second-order valence-corrected chi connectivity index (χ2v) is 8.65. The van der Waals surface area contributed by atoms with Gasteiger partial charge in [0, 0.05) is 9.86 Å². The standard InChI is InChI=1S/C14H13BrF3O5PS/c1-3-22-24(21,23-4-2)14(17,18)12-10(15)8-5-7(13(19)20)6-9(16)11(8)25-12/h5-6H,3-4H2,1-2H3,(H,19,20). The molecule has 0 unspecified atom stereocenters. The SMILES string of the molecule is CCOP(=O)(OCC)C(F)(F)c1sc2c(F)cc(C(=O)O)cc2c1Br. The average molecular weight is 461 g/mol. The van der Waals surface area contributed by atoms with Crippen LogP contribution in [-0.4, -0.2) is 24.3 Å². The number of hydrogen-bond donors (Lipinski definition) is 1. The fourth-order valence-electron chi connectivity index (χ4n) is 2.11. The molecule has 0 saturated heterocycles. The van der Waals surface area contributed by atoms with E-state index in [0.717, 1.165) is 12.1 Å². The molecule has 1 N–H and O–H groups in total. The largest absolute Gasteiger partial charge is 0.478 e. The van der Waals surface area contributed by atoms with E-state index in [1.807, 2.05) is 0 Å². The maximum absolute atomic E-state index is 14.9. The van der Waals surface area contributed by atoms with Crippen LogP contribution in [0.1, 0.15) is 29.1 Å². The highest BCUT2D eigenvalue weighted by atomic mass is 79.9. The summed E-state index contributed by atoms with van der Waals surface area (Å²) in [7, 11) is -4.86. The van der Waals surface area contributed by atoms with Crippen molar-refractivity contribution in [2.45, 2.75) is 19.5 Å². The predicted molar refractivity (Wildman–Crippen MR) is 91.2 cm³/mol. The molecule has 0 atom stereocenters. The zero-order valence-electron chi connectivity index (χ0n) is 13.0. The Kier molecular flexibility index (Phi) is 6.00. The van der Waals surface area contributed by atoms with Crippen molar-refractivity contribution in [1.29, 1.82) is 0 Å². The molecule has 25 heavy (non-hydrogen) atoms. The van der Waals surface area contributed by atoms with E-state index in [1.54, 1.807) is 0 Å². The van der Waals surface area contributed by atoms with E-state index in [0.29, 0.717) is 11.3 Å². The van der Waals surface area contributed by atoms with E-state index >= 15 is 0 Å². The van der Waals surface area contributed by atoms with Gasteiger partial charge in [0.15, 0.2) is 0 Å². The summed E-state index contributed by atoms with van der Waals surface area (Å²) >= 11 is 3.30. The van der Waals surface area contributed by atoms with Crippen molar-refractivity contribution in [3.8, 4) is 0 Å². The smallest absolute Gasteiger partial charge is 0.405 e. The molecule has 0 bridgehead atoms. The maximum atomic E-state index is 14.9. The van der Waals surface area contributed by atoms with Crippen LogP contribution in [0.15, 0.2) is 16.6 Å². The summed E-state index contributed by atoms with van der Waals surface area (Å²) in [6, 6.07) is 1.80. The van der Waals surface area contributed by atoms with Crippen LogP contribution in [0.25, 0.3) is 10.1 Å². The van der Waals surface area contributed by atoms with Crippen molar-refractivity contribution in [2.24, 2.45) is 0 Å². The number of alkyl halides is 2. The van der Waals surface area contributed by atoms with Gasteiger partial charge in [-0.25, -0.2) is 9.18 Å². The number of aromatic carboxylic acids is 1. The summed E-state index contributed by atoms with van der Waals surface area (Å²) in [4.78, 5) is 10.3. The maximum Gasteiger partial charge on any atom is 0.405 e. The minimum Gasteiger partial charge on any atom is -0.478 e. The third-order valence-corrected chi connectivity index (χ3v) is 7.77. The molecule has 0 fully saturated rings. The van der Waals surface area contributed by atoms with Gasteiger partial charge in [0.25, 0.3) is 0 Å². The van der Waals surface area contributed by atoms with E-state index in [9.17, 15) is 22.5 Å². The van der Waals surface area contributed by atoms with Gasteiger partial charge in [0.2, 0.25) is 0 Å². The minimum atomic E-state index is -4.86. The van der Waals surface area contributed by atoms with Crippen LogP contribution in [0, 0.1) is 5.82 Å². The Morgan fingerprint density at radius 3 is 2.36 bits per heavy atom. The summed E-state index contributed by atoms with van der Waals surface area (Å²) < 4.78 is 65.4. The summed E-state index contributed by atoms with van der Waals surface area (Å²) in [5.41, 5.74) is -4.44. The van der Waals surface area contributed by atoms with E-state index in [2.05, 4.69) is 15.9 Å². The minimum absolute atomic E-state index is 0.0587. The van der Waals surface area contributed by atoms with Crippen LogP contribution < -0.4 is 0 Å². The first kappa shape index (κ1) is 20.4. The van der Waals surface area contributed by atoms with Gasteiger partial charge in [0.1, 0.15) is 10.7 Å². The van der Waals surface area contributed by atoms with Gasteiger partial charge < -0.3 is 14.2 Å². The monoisotopic (exact) mass is 460 g/mol. The Balaban J connectivity index is 2.71. The number of fused-ring (bicyclic) bond motifs is 1. The molecule has 0 aliphatic rings. The Bertz CT molecular complexity index is 860. The molecule has 0 amide bonds. The molecular weight excluding hydrogens is 448 g/mol. The number of carbonyl (C=O) groups is 1. The zero-order valence-corrected chi connectivity index (χ0v) is 16.3. The molecule has 138 valence electrons. The molecule has 0 spiro atoms. The van der Waals surface area contributed by atoms with Gasteiger partial charge in [-0.05, 0) is 41.9 Å². The average Bonchev–Trinajstić information content (AvgIpc) is 2.86. The number of halogens is 4. The molecule has 0 saturated carbocycles. The lowest BCUT2D eigenvalue weighted by molar-refractivity contribution is 0.0387. The lowest BCUT2D eigenvalue weighted by atomic mass is 10.1. The first-order valence-corrected chi connectivity index (χ1v) is 10.2. The molecule has 0 radical (unpaired) electrons. The highest BCUT2D eigenvalue weighted by molar-refractivity contribution is 9.10. The molecule has 2 rings (SSSR count). The summed E-state index contributed by atoms with van der Waals surface area (Å²) in [5, 5.41) is 8.93. The Morgan fingerprint density at radius 2 is 1.88 bits per heavy atom. The first-order valence-electron chi connectivity index (χ1n) is 7.01. The van der Waals surface area contributed by atoms with Crippen LogP contribution >= 0.6 is 34.9 Å². The Hall–Kier alpha value is -0.930. The Labute approximate surface area is 153 Å². The summed E-state index contributed by atoms with van der Waals surface area (Å²) in [6.07, 6.45) is 0. The molecule has 5 nitrogen and oxygen atoms in total. The second-order valence-electron chi connectivity index (χ2n) is 4.76. The molecule has 11 heteroatoms. The van der Waals surface area contributed by atoms with Crippen molar-refractivity contribution >= 4 is 50.9 Å². The third kappa shape index (κ3) is 3.50. The summed E-state index contributed by atoms with van der Waals surface area (Å²) in [6.45, 7) is 2.24. The summed E-state index contributed by atoms with van der Waals surface area (Å²) in [5.74, 6) is -2.37. The van der Waals surface area contributed by atoms with Gasteiger partial charge in [-0.2, -0.15) is 8.78 Å². The van der Waals surface area contributed by atoms with Gasteiger partial charge in [-0.15, -0.1) is 11.3 Å². The van der Waals surface area contributed by atoms with Crippen molar-refractivity contribution in [1.82, 2.24) is 0 Å². The topological polar surface area (TPSA) is 72.8 Å². The number of benzene rings is 1. The van der Waals surface area contributed by atoms with E-state index < -0.39 is 35.5 Å². The zero-order chi connectivity index (χ0) is 19.0. The molecule has 0 aliphatic heterocycles. The van der Waals surface area contributed by atoms with Crippen molar-refractivity contribution in [3.05, 3.63) is 32.9 Å². The van der Waals surface area contributed by atoms with Gasteiger partial charge in [-0.3, -0.25) is 4.57 Å². The van der Waals surface area contributed by atoms with E-state index in [-0.39, 0.29) is 27.8 Å². The Morgan fingerprint density at radius 1 is 1.32 bits per heavy atom. The fraction of sp³-hybridized carbons (Fsp3) is 0.357. The number of carboxylic acids is 1. The molecular formula is C14H13BrF3O5PS. The number of rotatable bonds is 7. The predicted octanol–water partition coefficient (Wildman–Crippen LogP) is 5.82. The molecule has 0 aliphatic carbocycles. The van der Waals surface area contributed by atoms with Crippen molar-refractivity contribution < 1.29 is 36.7 Å². The van der Waals surface area contributed by atoms with Crippen LogP contribution in [0.3, 0.4) is 0 Å². The van der Waals surface area contributed by atoms with Crippen LogP contribution in [0.4, 0.5) is 13.2 Å². The van der Waals surface area contributed by atoms with Crippen molar-refractivity contribution in [3.63, 3.8) is 0 Å².